The van der Waals surface area contributed by atoms with Crippen molar-refractivity contribution in [2.45, 2.75) is 32.4 Å². The standard InChI is InChI=1S/C13H17FN2O/c1-2-4-12(17)9-16-8-11-6-3-5-10(7-15)13(11)14/h3,5-6,12,16-17H,2,4,8-9H2,1H3. The number of benzene rings is 1. The molecule has 0 fully saturated rings. The lowest BCUT2D eigenvalue weighted by atomic mass is 10.1. The molecular weight excluding hydrogens is 219 g/mol. The molecular formula is C13H17FN2O. The van der Waals surface area contributed by atoms with Crippen LogP contribution in [0.15, 0.2) is 18.2 Å². The maximum atomic E-state index is 13.6. The molecule has 0 aliphatic carbocycles. The smallest absolute Gasteiger partial charge is 0.145 e. The minimum atomic E-state index is -0.479. The zero-order chi connectivity index (χ0) is 12.7. The van der Waals surface area contributed by atoms with Crippen LogP contribution < -0.4 is 5.32 Å². The fraction of sp³-hybridized carbons (Fsp3) is 0.462. The van der Waals surface area contributed by atoms with Crippen LogP contribution in [-0.2, 0) is 6.54 Å². The normalized spacial score (nSPS) is 12.1. The van der Waals surface area contributed by atoms with E-state index >= 15 is 0 Å². The first-order valence-electron chi connectivity index (χ1n) is 5.75. The first kappa shape index (κ1) is 13.6. The molecule has 0 spiro atoms. The fourth-order valence-electron chi connectivity index (χ4n) is 1.61. The van der Waals surface area contributed by atoms with Crippen molar-refractivity contribution in [2.75, 3.05) is 6.54 Å². The molecule has 0 amide bonds. The van der Waals surface area contributed by atoms with Crippen molar-refractivity contribution < 1.29 is 9.50 Å². The highest BCUT2D eigenvalue weighted by Gasteiger charge is 2.08. The van der Waals surface area contributed by atoms with E-state index < -0.39 is 11.9 Å². The molecule has 2 N–H and O–H groups in total. The molecule has 3 nitrogen and oxygen atoms in total. The molecule has 92 valence electrons. The van der Waals surface area contributed by atoms with Crippen molar-refractivity contribution in [1.82, 2.24) is 5.32 Å². The van der Waals surface area contributed by atoms with Gasteiger partial charge in [0.2, 0.25) is 0 Å². The van der Waals surface area contributed by atoms with Crippen molar-refractivity contribution in [3.63, 3.8) is 0 Å². The van der Waals surface area contributed by atoms with Crippen LogP contribution in [0.1, 0.15) is 30.9 Å². The van der Waals surface area contributed by atoms with Gasteiger partial charge in [-0.15, -0.1) is 0 Å². The molecule has 0 aromatic heterocycles. The van der Waals surface area contributed by atoms with Gasteiger partial charge >= 0.3 is 0 Å². The van der Waals surface area contributed by atoms with Crippen LogP contribution in [0.2, 0.25) is 0 Å². The Bertz CT molecular complexity index is 401. The zero-order valence-electron chi connectivity index (χ0n) is 9.91. The third-order valence-electron chi connectivity index (χ3n) is 2.52. The molecule has 0 heterocycles. The lowest BCUT2D eigenvalue weighted by Crippen LogP contribution is -2.26. The summed E-state index contributed by atoms with van der Waals surface area (Å²) in [5.74, 6) is -0.479. The second-order valence-corrected chi connectivity index (χ2v) is 3.96. The van der Waals surface area contributed by atoms with E-state index in [1.54, 1.807) is 18.2 Å². The summed E-state index contributed by atoms with van der Waals surface area (Å²) in [4.78, 5) is 0. The van der Waals surface area contributed by atoms with E-state index in [1.807, 2.05) is 6.92 Å². The summed E-state index contributed by atoms with van der Waals surface area (Å²) in [6.45, 7) is 2.76. The van der Waals surface area contributed by atoms with Gasteiger partial charge in [0.15, 0.2) is 0 Å². The predicted octanol–water partition coefficient (Wildman–Crippen LogP) is 1.95. The highest BCUT2D eigenvalue weighted by atomic mass is 19.1. The monoisotopic (exact) mass is 236 g/mol. The number of nitriles is 1. The first-order valence-corrected chi connectivity index (χ1v) is 5.75. The van der Waals surface area contributed by atoms with Crippen LogP contribution in [0, 0.1) is 17.1 Å². The zero-order valence-corrected chi connectivity index (χ0v) is 9.91. The average molecular weight is 236 g/mol. The number of rotatable bonds is 6. The van der Waals surface area contributed by atoms with Crippen molar-refractivity contribution >= 4 is 0 Å². The van der Waals surface area contributed by atoms with Gasteiger partial charge in [-0.1, -0.05) is 25.5 Å². The number of nitrogens with zero attached hydrogens (tertiary/aromatic N) is 1. The van der Waals surface area contributed by atoms with Crippen LogP contribution in [-0.4, -0.2) is 17.8 Å². The minimum Gasteiger partial charge on any atom is -0.392 e. The highest BCUT2D eigenvalue weighted by molar-refractivity contribution is 5.34. The van der Waals surface area contributed by atoms with Crippen molar-refractivity contribution in [1.29, 1.82) is 5.26 Å². The van der Waals surface area contributed by atoms with E-state index in [4.69, 9.17) is 5.26 Å². The van der Waals surface area contributed by atoms with E-state index in [9.17, 15) is 9.50 Å². The molecule has 1 rings (SSSR count). The van der Waals surface area contributed by atoms with Gasteiger partial charge in [-0.25, -0.2) is 4.39 Å². The van der Waals surface area contributed by atoms with Gasteiger partial charge in [0.1, 0.15) is 11.9 Å². The topological polar surface area (TPSA) is 56.0 Å². The van der Waals surface area contributed by atoms with Gasteiger partial charge in [0, 0.05) is 18.7 Å². The van der Waals surface area contributed by atoms with Gasteiger partial charge in [-0.3, -0.25) is 0 Å². The molecule has 17 heavy (non-hydrogen) atoms. The first-order chi connectivity index (χ1) is 8.19. The number of aliphatic hydroxyl groups excluding tert-OH is 1. The predicted molar refractivity (Wildman–Crippen MR) is 63.7 cm³/mol. The van der Waals surface area contributed by atoms with Crippen molar-refractivity contribution in [2.24, 2.45) is 0 Å². The number of hydrogen-bond donors (Lipinski definition) is 2. The lowest BCUT2D eigenvalue weighted by Gasteiger charge is -2.11. The Labute approximate surface area is 101 Å². The van der Waals surface area contributed by atoms with E-state index in [2.05, 4.69) is 5.32 Å². The molecule has 0 aliphatic heterocycles. The Kier molecular flexibility index (Phi) is 5.61. The van der Waals surface area contributed by atoms with Crippen LogP contribution in [0.25, 0.3) is 0 Å². The van der Waals surface area contributed by atoms with Crippen LogP contribution in [0.5, 0.6) is 0 Å². The lowest BCUT2D eigenvalue weighted by molar-refractivity contribution is 0.160. The summed E-state index contributed by atoms with van der Waals surface area (Å²) in [6, 6.07) is 6.54. The number of aliphatic hydroxyl groups is 1. The van der Waals surface area contributed by atoms with E-state index in [0.29, 0.717) is 18.7 Å². The van der Waals surface area contributed by atoms with Crippen molar-refractivity contribution in [3.8, 4) is 6.07 Å². The van der Waals surface area contributed by atoms with E-state index in [0.717, 1.165) is 12.8 Å². The summed E-state index contributed by atoms with van der Waals surface area (Å²) in [7, 11) is 0. The molecule has 0 saturated heterocycles. The van der Waals surface area contributed by atoms with Gasteiger partial charge in [-0.05, 0) is 12.5 Å². The summed E-state index contributed by atoms with van der Waals surface area (Å²) in [5.41, 5.74) is 0.506. The van der Waals surface area contributed by atoms with Crippen LogP contribution in [0.3, 0.4) is 0 Å². The number of halogens is 1. The molecule has 1 atom stereocenters. The van der Waals surface area contributed by atoms with Gasteiger partial charge in [0.05, 0.1) is 11.7 Å². The quantitative estimate of drug-likeness (QED) is 0.793. The Balaban J connectivity index is 2.50. The highest BCUT2D eigenvalue weighted by Crippen LogP contribution is 2.11. The molecule has 1 aromatic carbocycles. The Morgan fingerprint density at radius 2 is 2.29 bits per heavy atom. The molecule has 0 bridgehead atoms. The second kappa shape index (κ2) is 7.00. The maximum Gasteiger partial charge on any atom is 0.145 e. The summed E-state index contributed by atoms with van der Waals surface area (Å²) < 4.78 is 13.6. The van der Waals surface area contributed by atoms with Gasteiger partial charge in [-0.2, -0.15) is 5.26 Å². The van der Waals surface area contributed by atoms with E-state index in [-0.39, 0.29) is 5.56 Å². The van der Waals surface area contributed by atoms with Crippen LogP contribution >= 0.6 is 0 Å². The molecule has 0 radical (unpaired) electrons. The largest absolute Gasteiger partial charge is 0.392 e. The van der Waals surface area contributed by atoms with Crippen molar-refractivity contribution in [3.05, 3.63) is 35.1 Å². The minimum absolute atomic E-state index is 0.0541. The summed E-state index contributed by atoms with van der Waals surface area (Å²) >= 11 is 0. The molecule has 0 aliphatic rings. The molecule has 0 saturated carbocycles. The molecule has 4 heteroatoms. The second-order valence-electron chi connectivity index (χ2n) is 3.96. The summed E-state index contributed by atoms with van der Waals surface area (Å²) in [5, 5.41) is 21.1. The fourth-order valence-corrected chi connectivity index (χ4v) is 1.61. The number of hydrogen-bond acceptors (Lipinski definition) is 3. The SMILES string of the molecule is CCCC(O)CNCc1cccc(C#N)c1F. The Hall–Kier alpha value is -1.44. The summed E-state index contributed by atoms with van der Waals surface area (Å²) in [6.07, 6.45) is 1.25. The average Bonchev–Trinajstić information content (AvgIpc) is 2.32. The Morgan fingerprint density at radius 3 is 2.94 bits per heavy atom. The van der Waals surface area contributed by atoms with Crippen LogP contribution in [0.4, 0.5) is 4.39 Å². The van der Waals surface area contributed by atoms with E-state index in [1.165, 1.54) is 6.07 Å². The van der Waals surface area contributed by atoms with Gasteiger partial charge < -0.3 is 10.4 Å². The molecule has 1 aromatic rings. The third kappa shape index (κ3) is 4.14. The number of nitrogens with one attached hydrogen (secondary N) is 1. The molecule has 1 unspecified atom stereocenters. The maximum absolute atomic E-state index is 13.6. The Morgan fingerprint density at radius 1 is 1.53 bits per heavy atom. The third-order valence-corrected chi connectivity index (χ3v) is 2.52. The van der Waals surface area contributed by atoms with Gasteiger partial charge in [0.25, 0.3) is 0 Å².